The van der Waals surface area contributed by atoms with Crippen LogP contribution in [0.2, 0.25) is 0 Å². The lowest BCUT2D eigenvalue weighted by Crippen LogP contribution is -2.27. The zero-order chi connectivity index (χ0) is 42.1. The van der Waals surface area contributed by atoms with E-state index in [1.807, 2.05) is 0 Å². The number of rotatable bonds is 4. The molecule has 1 nitrogen and oxygen atoms in total. The predicted octanol–water partition coefficient (Wildman–Crippen LogP) is 16.1. The molecule has 0 fully saturated rings. The minimum atomic E-state index is -0.499. The summed E-state index contributed by atoms with van der Waals surface area (Å²) in [5, 5.41) is 0. The predicted molar refractivity (Wildman–Crippen MR) is 258 cm³/mol. The molecule has 1 heteroatoms. The first kappa shape index (κ1) is 37.6. The number of para-hydroxylation sites is 1. The molecule has 8 aromatic carbocycles. The molecule has 0 saturated heterocycles. The lowest BCUT2D eigenvalue weighted by molar-refractivity contribution is 0.586. The molecule has 0 aromatic heterocycles. The smallest absolute Gasteiger partial charge is 0.0726 e. The van der Waals surface area contributed by atoms with Gasteiger partial charge in [0.05, 0.1) is 11.1 Å². The first-order chi connectivity index (χ1) is 29.3. The normalized spacial score (nSPS) is 14.8. The van der Waals surface area contributed by atoms with E-state index < -0.39 is 5.41 Å². The van der Waals surface area contributed by atoms with Crippen LogP contribution in [0.5, 0.6) is 0 Å². The molecule has 0 radical (unpaired) electrons. The first-order valence-electron chi connectivity index (χ1n) is 22.0. The van der Waals surface area contributed by atoms with Gasteiger partial charge in [0.1, 0.15) is 0 Å². The quantitative estimate of drug-likeness (QED) is 0.172. The topological polar surface area (TPSA) is 3.24 Å². The van der Waals surface area contributed by atoms with Crippen molar-refractivity contribution in [2.75, 3.05) is 4.90 Å². The highest BCUT2D eigenvalue weighted by Crippen LogP contribution is 2.64. The molecular formula is C60H53N. The Morgan fingerprint density at radius 3 is 1.41 bits per heavy atom. The van der Waals surface area contributed by atoms with Crippen molar-refractivity contribution < 1.29 is 0 Å². The number of fused-ring (bicyclic) bond motifs is 13. The second-order valence-corrected chi connectivity index (χ2v) is 20.2. The third-order valence-electron chi connectivity index (χ3n) is 14.2. The SMILES string of the molecule is CC(C)(C)c1ccc2c(c1)C1(c3ccccc3-c3ccc(N(c4ccc5c(c4)-c4ccccc4C5(C)C)c4ccccc4-c4ccccc4)cc31)c1cc(C(C)(C)C)ccc1-2. The molecule has 0 atom stereocenters. The number of benzene rings is 8. The highest BCUT2D eigenvalue weighted by atomic mass is 15.1. The fraction of sp³-hybridized carbons (Fsp3) is 0.200. The Labute approximate surface area is 362 Å². The van der Waals surface area contributed by atoms with Gasteiger partial charge < -0.3 is 4.90 Å². The minimum Gasteiger partial charge on any atom is -0.310 e. The first-order valence-corrected chi connectivity index (χ1v) is 22.0. The highest BCUT2D eigenvalue weighted by molar-refractivity contribution is 5.98. The van der Waals surface area contributed by atoms with Crippen molar-refractivity contribution in [3.05, 3.63) is 220 Å². The fourth-order valence-corrected chi connectivity index (χ4v) is 11.0. The zero-order valence-electron chi connectivity index (χ0n) is 36.7. The lowest BCUT2D eigenvalue weighted by atomic mass is 9.68. The Kier molecular flexibility index (Phi) is 8.02. The van der Waals surface area contributed by atoms with E-state index in [1.54, 1.807) is 0 Å². The largest absolute Gasteiger partial charge is 0.310 e. The van der Waals surface area contributed by atoms with Crippen LogP contribution in [0, 0.1) is 0 Å². The maximum Gasteiger partial charge on any atom is 0.0726 e. The van der Waals surface area contributed by atoms with Crippen molar-refractivity contribution in [2.45, 2.75) is 77.0 Å². The number of hydrogen-bond acceptors (Lipinski definition) is 1. The van der Waals surface area contributed by atoms with Crippen molar-refractivity contribution in [3.8, 4) is 44.5 Å². The Bertz CT molecular complexity index is 3010. The van der Waals surface area contributed by atoms with Crippen LogP contribution in [0.25, 0.3) is 44.5 Å². The molecule has 11 rings (SSSR count). The summed E-state index contributed by atoms with van der Waals surface area (Å²) >= 11 is 0. The van der Waals surface area contributed by atoms with Crippen LogP contribution in [-0.2, 0) is 21.7 Å². The summed E-state index contributed by atoms with van der Waals surface area (Å²) in [7, 11) is 0. The van der Waals surface area contributed by atoms with Crippen LogP contribution >= 0.6 is 0 Å². The molecule has 0 amide bonds. The van der Waals surface area contributed by atoms with E-state index in [-0.39, 0.29) is 16.2 Å². The molecule has 61 heavy (non-hydrogen) atoms. The van der Waals surface area contributed by atoms with Crippen molar-refractivity contribution in [2.24, 2.45) is 0 Å². The fourth-order valence-electron chi connectivity index (χ4n) is 11.0. The van der Waals surface area contributed by atoms with Crippen LogP contribution in [-0.4, -0.2) is 0 Å². The standard InChI is InChI=1S/C60H53N/c1-57(2,3)39-26-30-46-47-31-27-40(58(4,5)6)35-54(47)60(53(46)34-39)52-24-16-13-21-44(52)48-32-28-42(37-55(48)60)61(56-25-17-14-20-43(56)38-18-10-9-11-19-38)41-29-33-51-49(36-41)45-22-12-15-23-50(45)59(51,7)8/h9-37H,1-8H3. The Morgan fingerprint density at radius 2 is 0.787 bits per heavy atom. The molecule has 0 saturated carbocycles. The second kappa shape index (κ2) is 13.0. The van der Waals surface area contributed by atoms with Crippen LogP contribution in [0.15, 0.2) is 176 Å². The van der Waals surface area contributed by atoms with Crippen molar-refractivity contribution in [3.63, 3.8) is 0 Å². The van der Waals surface area contributed by atoms with E-state index in [0.717, 1.165) is 17.1 Å². The van der Waals surface area contributed by atoms with E-state index in [9.17, 15) is 0 Å². The van der Waals surface area contributed by atoms with Crippen molar-refractivity contribution in [1.29, 1.82) is 0 Å². The molecule has 0 bridgehead atoms. The summed E-state index contributed by atoms with van der Waals surface area (Å²) in [4.78, 5) is 2.53. The molecule has 0 N–H and O–H groups in total. The van der Waals surface area contributed by atoms with Gasteiger partial charge in [-0.2, -0.15) is 0 Å². The van der Waals surface area contributed by atoms with E-state index >= 15 is 0 Å². The molecule has 3 aliphatic rings. The van der Waals surface area contributed by atoms with E-state index in [2.05, 4.69) is 236 Å². The monoisotopic (exact) mass is 787 g/mol. The van der Waals surface area contributed by atoms with Gasteiger partial charge in [0.25, 0.3) is 0 Å². The maximum absolute atomic E-state index is 2.55. The van der Waals surface area contributed by atoms with Crippen LogP contribution in [0.3, 0.4) is 0 Å². The molecule has 0 heterocycles. The molecule has 3 aliphatic carbocycles. The van der Waals surface area contributed by atoms with Crippen molar-refractivity contribution in [1.82, 2.24) is 0 Å². The zero-order valence-corrected chi connectivity index (χ0v) is 36.7. The van der Waals surface area contributed by atoms with E-state index in [4.69, 9.17) is 0 Å². The summed E-state index contributed by atoms with van der Waals surface area (Å²) < 4.78 is 0. The van der Waals surface area contributed by atoms with Gasteiger partial charge in [-0.3, -0.25) is 0 Å². The second-order valence-electron chi connectivity index (χ2n) is 20.2. The van der Waals surface area contributed by atoms with Crippen LogP contribution in [0.1, 0.15) is 99.9 Å². The minimum absolute atomic E-state index is 0.0108. The third kappa shape index (κ3) is 5.39. The summed E-state index contributed by atoms with van der Waals surface area (Å²) in [6.45, 7) is 18.8. The summed E-state index contributed by atoms with van der Waals surface area (Å²) in [6.07, 6.45) is 0. The maximum atomic E-state index is 2.55. The average molecular weight is 788 g/mol. The molecule has 0 aliphatic heterocycles. The van der Waals surface area contributed by atoms with Crippen LogP contribution in [0.4, 0.5) is 17.1 Å². The van der Waals surface area contributed by atoms with Gasteiger partial charge in [0.15, 0.2) is 0 Å². The third-order valence-corrected chi connectivity index (χ3v) is 14.2. The van der Waals surface area contributed by atoms with Gasteiger partial charge in [0, 0.05) is 22.4 Å². The van der Waals surface area contributed by atoms with Gasteiger partial charge >= 0.3 is 0 Å². The van der Waals surface area contributed by atoms with E-state index in [0.29, 0.717) is 0 Å². The Hall–Kier alpha value is -6.44. The number of hydrogen-bond donors (Lipinski definition) is 0. The van der Waals surface area contributed by atoms with E-state index in [1.165, 1.54) is 89.0 Å². The highest BCUT2D eigenvalue weighted by Gasteiger charge is 2.52. The summed E-state index contributed by atoms with van der Waals surface area (Å²) in [5.74, 6) is 0. The Morgan fingerprint density at radius 1 is 0.344 bits per heavy atom. The van der Waals surface area contributed by atoms with Gasteiger partial charge in [-0.25, -0.2) is 0 Å². The molecule has 8 aromatic rings. The lowest BCUT2D eigenvalue weighted by Gasteiger charge is -2.34. The average Bonchev–Trinajstić information content (AvgIpc) is 3.81. The molecule has 1 spiro atoms. The van der Waals surface area contributed by atoms with Crippen LogP contribution < -0.4 is 4.90 Å². The molecule has 0 unspecified atom stereocenters. The van der Waals surface area contributed by atoms with Gasteiger partial charge in [-0.1, -0.05) is 201 Å². The molecular weight excluding hydrogens is 735 g/mol. The van der Waals surface area contributed by atoms with Crippen molar-refractivity contribution >= 4 is 17.1 Å². The number of anilines is 3. The number of nitrogens with zero attached hydrogens (tertiary/aromatic N) is 1. The summed E-state index contributed by atoms with van der Waals surface area (Å²) in [6, 6.07) is 67.2. The summed E-state index contributed by atoms with van der Waals surface area (Å²) in [5.41, 5.74) is 24.1. The Balaban J connectivity index is 1.22. The molecule has 298 valence electrons. The van der Waals surface area contributed by atoms with Gasteiger partial charge in [0.2, 0.25) is 0 Å². The van der Waals surface area contributed by atoms with Gasteiger partial charge in [-0.05, 0) is 125 Å². The van der Waals surface area contributed by atoms with Gasteiger partial charge in [-0.15, -0.1) is 0 Å².